The molecule has 0 bridgehead atoms. The van der Waals surface area contributed by atoms with Gasteiger partial charge in [-0.05, 0) is 50.2 Å². The largest absolute Gasteiger partial charge is 0.492 e. The lowest BCUT2D eigenvalue weighted by atomic mass is 10.2. The number of carbonyl (C=O) groups is 2. The molecule has 0 saturated carbocycles. The third-order valence-corrected chi connectivity index (χ3v) is 6.12. The highest BCUT2D eigenvalue weighted by atomic mass is 32.2. The van der Waals surface area contributed by atoms with Crippen molar-refractivity contribution in [1.82, 2.24) is 5.32 Å². The number of nitrogens with one attached hydrogen (secondary N) is 2. The number of benzene rings is 3. The molecule has 3 rings (SSSR count). The molecule has 0 aliphatic carbocycles. The molecule has 8 nitrogen and oxygen atoms in total. The van der Waals surface area contributed by atoms with Crippen molar-refractivity contribution in [2.75, 3.05) is 16.2 Å². The number of hydrogen-bond donors (Lipinski definition) is 2. The van der Waals surface area contributed by atoms with Crippen LogP contribution in [0.5, 0.6) is 5.75 Å². The van der Waals surface area contributed by atoms with Gasteiger partial charge in [0.1, 0.15) is 5.75 Å². The van der Waals surface area contributed by atoms with Gasteiger partial charge >= 0.3 is 12.1 Å². The van der Waals surface area contributed by atoms with Crippen LogP contribution in [0.3, 0.4) is 0 Å². The number of urea groups is 2. The fourth-order valence-corrected chi connectivity index (χ4v) is 4.27. The quantitative estimate of drug-likeness (QED) is 0.571. The summed E-state index contributed by atoms with van der Waals surface area (Å²) in [5.74, 6) is 0.421. The van der Waals surface area contributed by atoms with E-state index >= 15 is 0 Å². The lowest BCUT2D eigenvalue weighted by molar-refractivity contribution is 0.238. The predicted molar refractivity (Wildman–Crippen MR) is 122 cm³/mol. The first-order valence-corrected chi connectivity index (χ1v) is 11.3. The van der Waals surface area contributed by atoms with Crippen LogP contribution in [0.2, 0.25) is 0 Å². The highest BCUT2D eigenvalue weighted by Crippen LogP contribution is 2.25. The van der Waals surface area contributed by atoms with Crippen LogP contribution in [0, 0.1) is 6.92 Å². The molecular formula is C23H23N3O5S. The average Bonchev–Trinajstić information content (AvgIpc) is 2.77. The Morgan fingerprint density at radius 3 is 2.19 bits per heavy atom. The van der Waals surface area contributed by atoms with Gasteiger partial charge < -0.3 is 10.1 Å². The van der Waals surface area contributed by atoms with Gasteiger partial charge in [-0.1, -0.05) is 48.0 Å². The van der Waals surface area contributed by atoms with E-state index in [1.54, 1.807) is 61.5 Å². The Morgan fingerprint density at radius 1 is 0.906 bits per heavy atom. The molecule has 0 unspecified atom stereocenters. The van der Waals surface area contributed by atoms with Crippen molar-refractivity contribution in [2.45, 2.75) is 18.7 Å². The minimum absolute atomic E-state index is 0.0853. The number of ether oxygens (including phenoxy) is 1. The Labute approximate surface area is 186 Å². The molecule has 3 aromatic carbocycles. The van der Waals surface area contributed by atoms with Gasteiger partial charge in [-0.25, -0.2) is 18.0 Å². The zero-order valence-corrected chi connectivity index (χ0v) is 18.4. The van der Waals surface area contributed by atoms with E-state index < -0.39 is 22.1 Å². The highest BCUT2D eigenvalue weighted by Gasteiger charge is 2.32. The minimum Gasteiger partial charge on any atom is -0.492 e. The number of carbonyl (C=O) groups excluding carboxylic acids is 2. The molecular weight excluding hydrogens is 430 g/mol. The minimum atomic E-state index is -4.28. The second-order valence-corrected chi connectivity index (χ2v) is 8.52. The van der Waals surface area contributed by atoms with E-state index in [4.69, 9.17) is 4.74 Å². The van der Waals surface area contributed by atoms with Crippen LogP contribution in [0.4, 0.5) is 21.0 Å². The van der Waals surface area contributed by atoms with E-state index in [9.17, 15) is 18.0 Å². The number of para-hydroxylation sites is 2. The first-order valence-electron chi connectivity index (χ1n) is 9.83. The zero-order chi connectivity index (χ0) is 23.1. The third kappa shape index (κ3) is 5.25. The highest BCUT2D eigenvalue weighted by molar-refractivity contribution is 7.93. The van der Waals surface area contributed by atoms with E-state index in [2.05, 4.69) is 10.6 Å². The molecule has 0 aromatic heterocycles. The van der Waals surface area contributed by atoms with E-state index in [0.29, 0.717) is 22.3 Å². The van der Waals surface area contributed by atoms with Crippen molar-refractivity contribution in [3.63, 3.8) is 0 Å². The molecule has 0 radical (unpaired) electrons. The Bertz CT molecular complexity index is 1200. The number of sulfonamides is 1. The van der Waals surface area contributed by atoms with E-state index in [0.717, 1.165) is 5.56 Å². The summed E-state index contributed by atoms with van der Waals surface area (Å²) in [5.41, 5.74) is 1.32. The van der Waals surface area contributed by atoms with E-state index in [1.165, 1.54) is 24.3 Å². The first kappa shape index (κ1) is 22.8. The van der Waals surface area contributed by atoms with Crippen molar-refractivity contribution >= 4 is 33.5 Å². The molecule has 0 fully saturated rings. The molecule has 9 heteroatoms. The molecule has 0 heterocycles. The fraction of sp³-hybridized carbons (Fsp3) is 0.130. The second-order valence-electron chi connectivity index (χ2n) is 6.73. The van der Waals surface area contributed by atoms with Gasteiger partial charge in [0.2, 0.25) is 0 Å². The van der Waals surface area contributed by atoms with Gasteiger partial charge in [0, 0.05) is 0 Å². The number of nitrogens with zero attached hydrogens (tertiary/aromatic N) is 1. The molecule has 166 valence electrons. The van der Waals surface area contributed by atoms with Crippen LogP contribution in [0.15, 0.2) is 83.8 Å². The zero-order valence-electron chi connectivity index (χ0n) is 17.6. The molecule has 0 atom stereocenters. The Morgan fingerprint density at radius 2 is 1.53 bits per heavy atom. The topological polar surface area (TPSA) is 105 Å². The van der Waals surface area contributed by atoms with Crippen LogP contribution in [0.1, 0.15) is 12.5 Å². The Hall–Kier alpha value is -3.85. The molecule has 3 aromatic rings. The molecule has 4 amide bonds. The van der Waals surface area contributed by atoms with Crippen LogP contribution >= 0.6 is 0 Å². The van der Waals surface area contributed by atoms with Crippen LogP contribution in [-0.4, -0.2) is 27.1 Å². The van der Waals surface area contributed by atoms with E-state index in [1.807, 2.05) is 6.92 Å². The van der Waals surface area contributed by atoms with Gasteiger partial charge in [0.15, 0.2) is 0 Å². The molecule has 0 aliphatic rings. The SMILES string of the molecule is CCOc1ccccc1NC(=O)NC(=O)N(c1ccc(C)cc1)S(=O)(=O)c1ccccc1. The molecule has 2 N–H and O–H groups in total. The van der Waals surface area contributed by atoms with Crippen molar-refractivity contribution < 1.29 is 22.7 Å². The van der Waals surface area contributed by atoms with Gasteiger partial charge in [-0.2, -0.15) is 4.31 Å². The summed E-state index contributed by atoms with van der Waals surface area (Å²) in [6, 6.07) is 18.6. The number of hydrogen-bond acceptors (Lipinski definition) is 5. The molecule has 0 saturated heterocycles. The van der Waals surface area contributed by atoms with Gasteiger partial charge in [0.05, 0.1) is 22.9 Å². The van der Waals surface area contributed by atoms with Crippen molar-refractivity contribution in [1.29, 1.82) is 0 Å². The summed E-state index contributed by atoms with van der Waals surface area (Å²) < 4.78 is 32.5. The van der Waals surface area contributed by atoms with Crippen LogP contribution < -0.4 is 19.7 Å². The maximum atomic E-state index is 13.3. The van der Waals surface area contributed by atoms with Crippen LogP contribution in [0.25, 0.3) is 0 Å². The number of rotatable bonds is 6. The molecule has 0 spiro atoms. The number of amides is 4. The lowest BCUT2D eigenvalue weighted by Gasteiger charge is -2.23. The standard InChI is InChI=1S/C23H23N3O5S/c1-3-31-21-12-8-7-11-20(21)24-22(27)25-23(28)26(18-15-13-17(2)14-16-18)32(29,30)19-9-5-4-6-10-19/h4-16H,3H2,1-2H3,(H2,24,25,27,28). The number of imide groups is 1. The summed E-state index contributed by atoms with van der Waals surface area (Å²) in [4.78, 5) is 25.4. The number of anilines is 2. The lowest BCUT2D eigenvalue weighted by Crippen LogP contribution is -2.47. The summed E-state index contributed by atoms with van der Waals surface area (Å²) in [6.07, 6.45) is 0. The monoisotopic (exact) mass is 453 g/mol. The summed E-state index contributed by atoms with van der Waals surface area (Å²) in [5, 5.41) is 4.60. The molecule has 32 heavy (non-hydrogen) atoms. The summed E-state index contributed by atoms with van der Waals surface area (Å²) in [6.45, 7) is 4.02. The van der Waals surface area contributed by atoms with Gasteiger partial charge in [-0.3, -0.25) is 5.32 Å². The summed E-state index contributed by atoms with van der Waals surface area (Å²) >= 11 is 0. The predicted octanol–water partition coefficient (Wildman–Crippen LogP) is 4.53. The van der Waals surface area contributed by atoms with Crippen molar-refractivity contribution in [3.8, 4) is 5.75 Å². The normalized spacial score (nSPS) is 10.8. The first-order chi connectivity index (χ1) is 15.3. The Balaban J connectivity index is 1.89. The van der Waals surface area contributed by atoms with Gasteiger partial charge in [-0.15, -0.1) is 0 Å². The Kier molecular flexibility index (Phi) is 7.11. The average molecular weight is 454 g/mol. The van der Waals surface area contributed by atoms with Crippen molar-refractivity contribution in [3.05, 3.63) is 84.4 Å². The molecule has 0 aliphatic heterocycles. The third-order valence-electron chi connectivity index (χ3n) is 4.39. The second kappa shape index (κ2) is 9.97. The number of aryl methyl sites for hydroxylation is 1. The fourth-order valence-electron chi connectivity index (χ4n) is 2.90. The maximum Gasteiger partial charge on any atom is 0.344 e. The van der Waals surface area contributed by atoms with Gasteiger partial charge in [0.25, 0.3) is 10.0 Å². The van der Waals surface area contributed by atoms with Crippen LogP contribution in [-0.2, 0) is 10.0 Å². The van der Waals surface area contributed by atoms with E-state index in [-0.39, 0.29) is 10.6 Å². The smallest absolute Gasteiger partial charge is 0.344 e. The maximum absolute atomic E-state index is 13.3. The summed E-state index contributed by atoms with van der Waals surface area (Å²) in [7, 11) is -4.28. The van der Waals surface area contributed by atoms with Crippen molar-refractivity contribution in [2.24, 2.45) is 0 Å².